The quantitative estimate of drug-likeness (QED) is 0.430. The van der Waals surface area contributed by atoms with E-state index in [1.165, 1.54) is 16.7 Å². The first kappa shape index (κ1) is 13.1. The van der Waals surface area contributed by atoms with Crippen molar-refractivity contribution in [3.05, 3.63) is 10.6 Å². The monoisotopic (exact) mass is 250 g/mol. The third-order valence-electron chi connectivity index (χ3n) is 2.08. The van der Waals surface area contributed by atoms with Crippen molar-refractivity contribution in [3.8, 4) is 12.1 Å². The van der Waals surface area contributed by atoms with E-state index in [-0.39, 0.29) is 23.8 Å². The second-order valence-corrected chi connectivity index (χ2v) is 4.02. The van der Waals surface area contributed by atoms with Crippen LogP contribution in [0.25, 0.3) is 0 Å². The minimum atomic E-state index is -0.621. The Labute approximate surface area is 103 Å². The minimum Gasteiger partial charge on any atom is -0.338 e. The summed E-state index contributed by atoms with van der Waals surface area (Å²) in [7, 11) is 0. The normalized spacial score (nSPS) is 17.4. The maximum Gasteiger partial charge on any atom is 0.265 e. The molecule has 6 nitrogen and oxygen atoms in total. The standard InChI is InChI=1S/C10H10N4O2S/c1-2-14-8(15)6-17-10(14)7(5-12)9(16)13-4-3-11/h2,4,6H2,1H3,(H,13,16)/b10-7+. The predicted molar refractivity (Wildman–Crippen MR) is 61.1 cm³/mol. The van der Waals surface area contributed by atoms with Gasteiger partial charge in [-0.25, -0.2) is 0 Å². The number of nitrogens with zero attached hydrogens (tertiary/aromatic N) is 3. The van der Waals surface area contributed by atoms with E-state index in [4.69, 9.17) is 10.5 Å². The topological polar surface area (TPSA) is 97.0 Å². The van der Waals surface area contributed by atoms with Gasteiger partial charge in [-0.3, -0.25) is 9.59 Å². The number of nitrogens with one attached hydrogen (secondary N) is 1. The first-order valence-corrected chi connectivity index (χ1v) is 5.87. The van der Waals surface area contributed by atoms with Gasteiger partial charge in [0.1, 0.15) is 23.2 Å². The van der Waals surface area contributed by atoms with Crippen LogP contribution in [0.5, 0.6) is 0 Å². The van der Waals surface area contributed by atoms with Gasteiger partial charge in [0.2, 0.25) is 5.91 Å². The van der Waals surface area contributed by atoms with Crippen molar-refractivity contribution in [3.63, 3.8) is 0 Å². The van der Waals surface area contributed by atoms with Crippen molar-refractivity contribution in [2.24, 2.45) is 0 Å². The summed E-state index contributed by atoms with van der Waals surface area (Å²) in [6.45, 7) is 2.02. The van der Waals surface area contributed by atoms with Crippen molar-refractivity contribution in [2.75, 3.05) is 18.8 Å². The summed E-state index contributed by atoms with van der Waals surface area (Å²) in [6, 6.07) is 3.53. The summed E-state index contributed by atoms with van der Waals surface area (Å²) in [5.74, 6) is -0.502. The highest BCUT2D eigenvalue weighted by molar-refractivity contribution is 8.04. The highest BCUT2D eigenvalue weighted by Crippen LogP contribution is 2.31. The number of hydrogen-bond acceptors (Lipinski definition) is 5. The molecule has 2 amide bonds. The molecule has 0 atom stereocenters. The molecule has 17 heavy (non-hydrogen) atoms. The molecule has 0 aromatic rings. The van der Waals surface area contributed by atoms with Gasteiger partial charge in [0.25, 0.3) is 5.91 Å². The Morgan fingerprint density at radius 2 is 2.29 bits per heavy atom. The van der Waals surface area contributed by atoms with Crippen molar-refractivity contribution in [1.82, 2.24) is 10.2 Å². The maximum atomic E-state index is 11.6. The van der Waals surface area contributed by atoms with Gasteiger partial charge < -0.3 is 10.2 Å². The van der Waals surface area contributed by atoms with Crippen LogP contribution in [0.3, 0.4) is 0 Å². The zero-order chi connectivity index (χ0) is 12.8. The van der Waals surface area contributed by atoms with Gasteiger partial charge in [0.05, 0.1) is 11.8 Å². The van der Waals surface area contributed by atoms with Crippen LogP contribution < -0.4 is 5.32 Å². The Hall–Kier alpha value is -1.99. The molecule has 0 aromatic heterocycles. The molecule has 0 unspecified atom stereocenters. The zero-order valence-corrected chi connectivity index (χ0v) is 10.0. The Bertz CT molecular complexity index is 458. The largest absolute Gasteiger partial charge is 0.338 e. The maximum absolute atomic E-state index is 11.6. The lowest BCUT2D eigenvalue weighted by molar-refractivity contribution is -0.125. The van der Waals surface area contributed by atoms with E-state index >= 15 is 0 Å². The Morgan fingerprint density at radius 1 is 1.59 bits per heavy atom. The average Bonchev–Trinajstić information content (AvgIpc) is 2.69. The summed E-state index contributed by atoms with van der Waals surface area (Å²) >= 11 is 1.17. The van der Waals surface area contributed by atoms with Crippen molar-refractivity contribution in [1.29, 1.82) is 10.5 Å². The summed E-state index contributed by atoms with van der Waals surface area (Å²) in [4.78, 5) is 24.4. The molecule has 7 heteroatoms. The lowest BCUT2D eigenvalue weighted by Crippen LogP contribution is -2.29. The van der Waals surface area contributed by atoms with Gasteiger partial charge in [0.15, 0.2) is 0 Å². The number of thioether (sulfide) groups is 1. The Morgan fingerprint density at radius 3 is 2.82 bits per heavy atom. The number of carbonyl (C=O) groups is 2. The predicted octanol–water partition coefficient (Wildman–Crippen LogP) is -0.0433. The van der Waals surface area contributed by atoms with Gasteiger partial charge in [-0.15, -0.1) is 0 Å². The fraction of sp³-hybridized carbons (Fsp3) is 0.400. The molecule has 0 aromatic carbocycles. The van der Waals surface area contributed by atoms with Crippen LogP contribution in [-0.4, -0.2) is 35.6 Å². The molecule has 1 aliphatic rings. The van der Waals surface area contributed by atoms with Crippen LogP contribution >= 0.6 is 11.8 Å². The van der Waals surface area contributed by atoms with Crippen molar-refractivity contribution in [2.45, 2.75) is 6.92 Å². The summed E-state index contributed by atoms with van der Waals surface area (Å²) < 4.78 is 0. The van der Waals surface area contributed by atoms with Crippen LogP contribution in [0.15, 0.2) is 10.6 Å². The van der Waals surface area contributed by atoms with Crippen LogP contribution in [0.1, 0.15) is 6.92 Å². The van der Waals surface area contributed by atoms with E-state index in [0.717, 1.165) is 0 Å². The second-order valence-electron chi connectivity index (χ2n) is 3.06. The van der Waals surface area contributed by atoms with Gasteiger partial charge in [-0.2, -0.15) is 10.5 Å². The summed E-state index contributed by atoms with van der Waals surface area (Å²) in [6.07, 6.45) is 0. The van der Waals surface area contributed by atoms with Crippen LogP contribution in [0, 0.1) is 22.7 Å². The number of amides is 2. The van der Waals surface area contributed by atoms with E-state index in [1.807, 2.05) is 0 Å². The summed E-state index contributed by atoms with van der Waals surface area (Å²) in [5, 5.41) is 20.0. The van der Waals surface area contributed by atoms with Gasteiger partial charge in [-0.05, 0) is 6.92 Å². The molecule has 0 saturated carbocycles. The van der Waals surface area contributed by atoms with E-state index in [2.05, 4.69) is 5.32 Å². The van der Waals surface area contributed by atoms with Crippen molar-refractivity contribution >= 4 is 23.6 Å². The molecule has 1 heterocycles. The molecule has 1 aliphatic heterocycles. The number of nitriles is 2. The molecule has 1 N–H and O–H groups in total. The fourth-order valence-corrected chi connectivity index (χ4v) is 2.42. The first-order chi connectivity index (χ1) is 8.15. The molecule has 1 fully saturated rings. The average molecular weight is 250 g/mol. The third-order valence-corrected chi connectivity index (χ3v) is 3.16. The van der Waals surface area contributed by atoms with Gasteiger partial charge in [0, 0.05) is 6.54 Å². The second kappa shape index (κ2) is 5.92. The van der Waals surface area contributed by atoms with Crippen LogP contribution in [-0.2, 0) is 9.59 Å². The first-order valence-electron chi connectivity index (χ1n) is 4.88. The molecule has 0 spiro atoms. The SMILES string of the molecule is CCN1C(=O)CS/C1=C(\C#N)C(=O)NCC#N. The summed E-state index contributed by atoms with van der Waals surface area (Å²) in [5.41, 5.74) is -0.113. The Balaban J connectivity index is 3.00. The molecular formula is C10H10N4O2S. The van der Waals surface area contributed by atoms with E-state index in [9.17, 15) is 9.59 Å². The molecular weight excluding hydrogens is 240 g/mol. The highest BCUT2D eigenvalue weighted by atomic mass is 32.2. The van der Waals surface area contributed by atoms with E-state index in [1.54, 1.807) is 19.1 Å². The Kier molecular flexibility index (Phi) is 4.56. The molecule has 0 bridgehead atoms. The zero-order valence-electron chi connectivity index (χ0n) is 9.19. The number of hydrogen-bond donors (Lipinski definition) is 1. The third kappa shape index (κ3) is 2.77. The molecule has 88 valence electrons. The number of rotatable bonds is 3. The highest BCUT2D eigenvalue weighted by Gasteiger charge is 2.30. The molecule has 0 aliphatic carbocycles. The smallest absolute Gasteiger partial charge is 0.265 e. The fourth-order valence-electron chi connectivity index (χ4n) is 1.33. The van der Waals surface area contributed by atoms with Gasteiger partial charge >= 0.3 is 0 Å². The van der Waals surface area contributed by atoms with E-state index in [0.29, 0.717) is 11.6 Å². The number of carbonyl (C=O) groups excluding carboxylic acids is 2. The molecule has 1 saturated heterocycles. The molecule has 1 rings (SSSR count). The lowest BCUT2D eigenvalue weighted by atomic mass is 10.3. The lowest BCUT2D eigenvalue weighted by Gasteiger charge is -2.15. The van der Waals surface area contributed by atoms with Crippen LogP contribution in [0.4, 0.5) is 0 Å². The van der Waals surface area contributed by atoms with Crippen LogP contribution in [0.2, 0.25) is 0 Å². The van der Waals surface area contributed by atoms with Gasteiger partial charge in [-0.1, -0.05) is 11.8 Å². The van der Waals surface area contributed by atoms with E-state index < -0.39 is 5.91 Å². The minimum absolute atomic E-state index is 0.113. The van der Waals surface area contributed by atoms with Crippen molar-refractivity contribution < 1.29 is 9.59 Å². The molecule has 0 radical (unpaired) electrons.